The lowest BCUT2D eigenvalue weighted by Crippen LogP contribution is -2.75. The molecule has 0 aromatic carbocycles. The first kappa shape index (κ1) is 12.3. The van der Waals surface area contributed by atoms with E-state index < -0.39 is 5.54 Å². The van der Waals surface area contributed by atoms with Gasteiger partial charge in [0.15, 0.2) is 5.78 Å². The van der Waals surface area contributed by atoms with Gasteiger partial charge < -0.3 is 4.74 Å². The van der Waals surface area contributed by atoms with Crippen LogP contribution in [0.1, 0.15) is 29.8 Å². The minimum Gasteiger partial charge on any atom is -0.468 e. The van der Waals surface area contributed by atoms with Gasteiger partial charge in [0.05, 0.1) is 13.0 Å². The highest BCUT2D eigenvalue weighted by atomic mass is 16.5. The molecule has 1 aromatic rings. The van der Waals surface area contributed by atoms with Crippen LogP contribution in [0.2, 0.25) is 0 Å². The smallest absolute Gasteiger partial charge is 0.326 e. The number of ether oxygens (including phenoxy) is 1. The van der Waals surface area contributed by atoms with E-state index in [4.69, 9.17) is 4.74 Å². The molecule has 3 fully saturated rings. The highest BCUT2D eigenvalue weighted by molar-refractivity contribution is 6.01. The Morgan fingerprint density at radius 2 is 2.21 bits per heavy atom. The lowest BCUT2D eigenvalue weighted by Gasteiger charge is -2.55. The van der Waals surface area contributed by atoms with Crippen molar-refractivity contribution in [2.45, 2.75) is 30.8 Å². The summed E-state index contributed by atoms with van der Waals surface area (Å²) in [5.74, 6) is -0.783. The van der Waals surface area contributed by atoms with Crippen molar-refractivity contribution >= 4 is 11.8 Å². The second-order valence-electron chi connectivity index (χ2n) is 5.22. The van der Waals surface area contributed by atoms with Gasteiger partial charge in [-0.2, -0.15) is 0 Å². The number of carbonyl (C=O) groups excluding carboxylic acids is 2. The van der Waals surface area contributed by atoms with E-state index in [9.17, 15) is 9.59 Å². The van der Waals surface area contributed by atoms with Crippen LogP contribution in [0.5, 0.6) is 0 Å². The van der Waals surface area contributed by atoms with E-state index in [0.717, 1.165) is 6.42 Å². The van der Waals surface area contributed by atoms with Crippen LogP contribution < -0.4 is 5.32 Å². The van der Waals surface area contributed by atoms with Gasteiger partial charge in [-0.15, -0.1) is 0 Å². The number of nitrogens with zero attached hydrogens (tertiary/aromatic N) is 1. The molecule has 19 heavy (non-hydrogen) atoms. The van der Waals surface area contributed by atoms with E-state index in [-0.39, 0.29) is 17.7 Å². The summed E-state index contributed by atoms with van der Waals surface area (Å²) in [5.41, 5.74) is -0.408. The van der Waals surface area contributed by atoms with Gasteiger partial charge in [0.25, 0.3) is 0 Å². The third-order valence-electron chi connectivity index (χ3n) is 4.21. The number of methoxy groups -OCH3 is 1. The topological polar surface area (TPSA) is 68.3 Å². The molecule has 1 aliphatic carbocycles. The fourth-order valence-corrected chi connectivity index (χ4v) is 3.27. The maximum atomic E-state index is 12.6. The molecular formula is C14H16N2O3. The average Bonchev–Trinajstić information content (AvgIpc) is 2.45. The molecule has 0 amide bonds. The number of pyridine rings is 1. The molecule has 3 unspecified atom stereocenters. The molecule has 1 aromatic heterocycles. The maximum absolute atomic E-state index is 12.6. The van der Waals surface area contributed by atoms with Crippen molar-refractivity contribution in [1.82, 2.24) is 10.3 Å². The van der Waals surface area contributed by atoms with Gasteiger partial charge in [-0.25, -0.2) is 0 Å². The molecular weight excluding hydrogens is 244 g/mol. The van der Waals surface area contributed by atoms with Gasteiger partial charge in [0.2, 0.25) is 0 Å². The Kier molecular flexibility index (Phi) is 2.86. The normalized spacial score (nSPS) is 32.3. The number of Topliss-reactive ketones (excluding diaryl/α,β-unsaturated/α-hetero) is 1. The second-order valence-corrected chi connectivity index (χ2v) is 5.22. The molecule has 4 rings (SSSR count). The highest BCUT2D eigenvalue weighted by Crippen LogP contribution is 2.44. The number of esters is 1. The molecule has 0 radical (unpaired) electrons. The van der Waals surface area contributed by atoms with Gasteiger partial charge in [-0.05, 0) is 31.4 Å². The monoisotopic (exact) mass is 260 g/mol. The number of carbonyl (C=O) groups is 2. The molecule has 3 atom stereocenters. The molecule has 2 aliphatic heterocycles. The SMILES string of the molecule is COC(=O)C12CC(CCC1C(=O)c1ccccn1)N2. The molecule has 3 aliphatic rings. The lowest BCUT2D eigenvalue weighted by atomic mass is 9.62. The number of nitrogens with one attached hydrogen (secondary N) is 1. The van der Waals surface area contributed by atoms with E-state index in [1.54, 1.807) is 24.4 Å². The van der Waals surface area contributed by atoms with Gasteiger partial charge in [-0.3, -0.25) is 19.9 Å². The summed E-state index contributed by atoms with van der Waals surface area (Å²) >= 11 is 0. The Morgan fingerprint density at radius 1 is 1.42 bits per heavy atom. The predicted molar refractivity (Wildman–Crippen MR) is 67.6 cm³/mol. The Labute approximate surface area is 111 Å². The van der Waals surface area contributed by atoms with Gasteiger partial charge in [-0.1, -0.05) is 6.07 Å². The second kappa shape index (κ2) is 4.42. The van der Waals surface area contributed by atoms with E-state index in [1.807, 2.05) is 0 Å². The molecule has 1 N–H and O–H groups in total. The third-order valence-corrected chi connectivity index (χ3v) is 4.21. The first-order chi connectivity index (χ1) is 9.17. The molecule has 1 saturated carbocycles. The van der Waals surface area contributed by atoms with Crippen molar-refractivity contribution < 1.29 is 14.3 Å². The summed E-state index contributed by atoms with van der Waals surface area (Å²) in [6.07, 6.45) is 3.91. The Balaban J connectivity index is 1.90. The average molecular weight is 260 g/mol. The molecule has 5 heteroatoms. The zero-order valence-corrected chi connectivity index (χ0v) is 10.8. The van der Waals surface area contributed by atoms with Crippen molar-refractivity contribution in [3.05, 3.63) is 30.1 Å². The zero-order chi connectivity index (χ0) is 13.5. The molecule has 5 nitrogen and oxygen atoms in total. The van der Waals surface area contributed by atoms with Gasteiger partial charge in [0.1, 0.15) is 11.2 Å². The van der Waals surface area contributed by atoms with Gasteiger partial charge in [0, 0.05) is 12.2 Å². The number of hydrogen-bond donors (Lipinski definition) is 1. The fourth-order valence-electron chi connectivity index (χ4n) is 3.27. The zero-order valence-electron chi connectivity index (χ0n) is 10.8. The Bertz CT molecular complexity index is 509. The molecule has 0 spiro atoms. The van der Waals surface area contributed by atoms with E-state index in [1.165, 1.54) is 7.11 Å². The summed E-state index contributed by atoms with van der Waals surface area (Å²) in [6.45, 7) is 0. The summed E-state index contributed by atoms with van der Waals surface area (Å²) in [6, 6.07) is 5.58. The number of fused-ring (bicyclic) bond motifs is 2. The molecule has 2 bridgehead atoms. The van der Waals surface area contributed by atoms with Crippen molar-refractivity contribution in [3.8, 4) is 0 Å². The minimum absolute atomic E-state index is 0.0725. The van der Waals surface area contributed by atoms with Crippen molar-refractivity contribution in [1.29, 1.82) is 0 Å². The minimum atomic E-state index is -0.827. The third kappa shape index (κ3) is 1.76. The van der Waals surface area contributed by atoms with Crippen LogP contribution in [0.15, 0.2) is 24.4 Å². The summed E-state index contributed by atoms with van der Waals surface area (Å²) in [5, 5.41) is 3.22. The molecule has 100 valence electrons. The number of ketones is 1. The van der Waals surface area contributed by atoms with Crippen LogP contribution in [0.25, 0.3) is 0 Å². The summed E-state index contributed by atoms with van der Waals surface area (Å²) < 4.78 is 4.87. The standard InChI is InChI=1S/C14H16N2O3/c1-19-13(18)14-8-9(16-14)5-6-10(14)12(17)11-4-2-3-7-15-11/h2-4,7,9-10,16H,5-6,8H2,1H3. The fraction of sp³-hybridized carbons (Fsp3) is 0.500. The maximum Gasteiger partial charge on any atom is 0.326 e. The van der Waals surface area contributed by atoms with Crippen LogP contribution in [-0.2, 0) is 9.53 Å². The van der Waals surface area contributed by atoms with Gasteiger partial charge >= 0.3 is 5.97 Å². The summed E-state index contributed by atoms with van der Waals surface area (Å²) in [4.78, 5) is 28.7. The Morgan fingerprint density at radius 3 is 2.84 bits per heavy atom. The molecule has 2 saturated heterocycles. The van der Waals surface area contributed by atoms with Crippen LogP contribution in [0, 0.1) is 5.92 Å². The number of piperidine rings is 1. The van der Waals surface area contributed by atoms with Crippen LogP contribution in [0.3, 0.4) is 0 Å². The highest BCUT2D eigenvalue weighted by Gasteiger charge is 2.61. The number of rotatable bonds is 3. The largest absolute Gasteiger partial charge is 0.468 e. The van der Waals surface area contributed by atoms with Crippen molar-refractivity contribution in [3.63, 3.8) is 0 Å². The van der Waals surface area contributed by atoms with Crippen LogP contribution >= 0.6 is 0 Å². The van der Waals surface area contributed by atoms with Crippen LogP contribution in [0.4, 0.5) is 0 Å². The van der Waals surface area contributed by atoms with E-state index >= 15 is 0 Å². The van der Waals surface area contributed by atoms with E-state index in [0.29, 0.717) is 24.6 Å². The Hall–Kier alpha value is -1.75. The van der Waals surface area contributed by atoms with Crippen molar-refractivity contribution in [2.75, 3.05) is 7.11 Å². The first-order valence-corrected chi connectivity index (χ1v) is 6.49. The number of aromatic nitrogens is 1. The first-order valence-electron chi connectivity index (χ1n) is 6.49. The predicted octanol–water partition coefficient (Wildman–Crippen LogP) is 0.948. The quantitative estimate of drug-likeness (QED) is 0.647. The lowest BCUT2D eigenvalue weighted by molar-refractivity contribution is -0.160. The van der Waals surface area contributed by atoms with Crippen LogP contribution in [-0.4, -0.2) is 35.4 Å². The van der Waals surface area contributed by atoms with Crippen molar-refractivity contribution in [2.24, 2.45) is 5.92 Å². The molecule has 3 heterocycles. The number of hydrogen-bond acceptors (Lipinski definition) is 5. The van der Waals surface area contributed by atoms with E-state index in [2.05, 4.69) is 10.3 Å². The summed E-state index contributed by atoms with van der Waals surface area (Å²) in [7, 11) is 1.36.